The van der Waals surface area contributed by atoms with Crippen molar-refractivity contribution >= 4 is 6.03 Å². The Morgan fingerprint density at radius 2 is 1.57 bits per heavy atom. The predicted molar refractivity (Wildman–Crippen MR) is 149 cm³/mol. The van der Waals surface area contributed by atoms with Gasteiger partial charge in [0, 0.05) is 31.1 Å². The van der Waals surface area contributed by atoms with Crippen LogP contribution in [0.1, 0.15) is 103 Å². The van der Waals surface area contributed by atoms with E-state index in [1.807, 2.05) is 0 Å². The molecular formula is C29H53F4N6O+. The number of nitrogens with zero attached hydrogens (tertiary/aromatic N) is 1. The maximum Gasteiger partial charge on any atom is 0.394 e. The van der Waals surface area contributed by atoms with Gasteiger partial charge >= 0.3 is 12.2 Å². The first-order chi connectivity index (χ1) is 19.2. The Balaban J connectivity index is 1.47. The smallest absolute Gasteiger partial charge is 0.335 e. The molecule has 7 unspecified atom stereocenters. The number of hydrogen-bond acceptors (Lipinski definition) is 4. The lowest BCUT2D eigenvalue weighted by atomic mass is 9.84. The molecule has 0 bridgehead atoms. The maximum absolute atomic E-state index is 14.0. The molecule has 11 heteroatoms. The van der Waals surface area contributed by atoms with Crippen molar-refractivity contribution in [3.05, 3.63) is 0 Å². The number of hydrogen-bond donors (Lipinski definition) is 5. The van der Waals surface area contributed by atoms with Gasteiger partial charge in [0.2, 0.25) is 6.29 Å². The lowest BCUT2D eigenvalue weighted by Gasteiger charge is -2.54. The molecule has 3 aliphatic heterocycles. The van der Waals surface area contributed by atoms with E-state index in [9.17, 15) is 22.4 Å². The van der Waals surface area contributed by atoms with Gasteiger partial charge in [0.25, 0.3) is 0 Å². The highest BCUT2D eigenvalue weighted by atomic mass is 19.4. The fourth-order valence-electron chi connectivity index (χ4n) is 7.58. The summed E-state index contributed by atoms with van der Waals surface area (Å²) < 4.78 is 54.9. The molecule has 3 heterocycles. The molecule has 5 N–H and O–H groups in total. The van der Waals surface area contributed by atoms with Crippen LogP contribution in [0.15, 0.2) is 0 Å². The molecule has 2 amide bonds. The number of nitrogens with one attached hydrogen (secondary N) is 5. The molecule has 1 aliphatic carbocycles. The van der Waals surface area contributed by atoms with E-state index in [-0.39, 0.29) is 31.3 Å². The van der Waals surface area contributed by atoms with E-state index in [1.165, 1.54) is 51.4 Å². The van der Waals surface area contributed by atoms with Crippen molar-refractivity contribution in [1.82, 2.24) is 26.6 Å². The Labute approximate surface area is 237 Å². The van der Waals surface area contributed by atoms with Crippen LogP contribution in [-0.4, -0.2) is 79.6 Å². The normalized spacial score (nSPS) is 36.1. The number of carbonyl (C=O) groups excluding carboxylic acids is 1. The van der Waals surface area contributed by atoms with Crippen molar-refractivity contribution < 1.29 is 26.8 Å². The Bertz CT molecular complexity index is 768. The Kier molecular flexibility index (Phi) is 11.8. The molecule has 3 saturated heterocycles. The second kappa shape index (κ2) is 14.8. The van der Waals surface area contributed by atoms with Crippen LogP contribution in [-0.2, 0) is 0 Å². The third-order valence-electron chi connectivity index (χ3n) is 9.88. The fraction of sp³-hybridized carbons (Fsp3) is 0.966. The van der Waals surface area contributed by atoms with E-state index in [2.05, 4.69) is 33.5 Å². The molecule has 1 spiro atoms. The van der Waals surface area contributed by atoms with Gasteiger partial charge in [-0.25, -0.2) is 14.5 Å². The van der Waals surface area contributed by atoms with Gasteiger partial charge in [-0.1, -0.05) is 25.7 Å². The summed E-state index contributed by atoms with van der Waals surface area (Å²) in [5, 5.41) is 17.1. The van der Waals surface area contributed by atoms with Gasteiger partial charge in [0.05, 0.1) is 19.0 Å². The van der Waals surface area contributed by atoms with Gasteiger partial charge in [0.15, 0.2) is 0 Å². The highest BCUT2D eigenvalue weighted by Crippen LogP contribution is 2.39. The first-order valence-electron chi connectivity index (χ1n) is 16.0. The van der Waals surface area contributed by atoms with Crippen molar-refractivity contribution in [2.45, 2.75) is 146 Å². The minimum Gasteiger partial charge on any atom is -0.335 e. The molecule has 4 fully saturated rings. The number of carbonyl (C=O) groups is 1. The largest absolute Gasteiger partial charge is 0.394 e. The summed E-state index contributed by atoms with van der Waals surface area (Å²) >= 11 is 0. The average Bonchev–Trinajstić information content (AvgIpc) is 3.39. The van der Waals surface area contributed by atoms with Gasteiger partial charge < -0.3 is 10.6 Å². The third-order valence-corrected chi connectivity index (χ3v) is 9.88. The number of halogens is 4. The summed E-state index contributed by atoms with van der Waals surface area (Å²) in [5.41, 5.74) is 0. The number of urea groups is 1. The minimum absolute atomic E-state index is 0.172. The summed E-state index contributed by atoms with van der Waals surface area (Å²) in [7, 11) is 0. The van der Waals surface area contributed by atoms with E-state index in [4.69, 9.17) is 0 Å². The standard InChI is InChI=1S/C29H52F4N6O/c1-21-19-26(35-16-14-22-11-10-15-34-22)39(17-8-6-4-2-3-5-7-9-18-39)27(36-21)38-28(40)37-23-12-13-25(30)24(20-23)29(31,32)33/h21-27,34-36H,2-20H2,1H3,(H-,37,38,40)/p+1. The first kappa shape index (κ1) is 31.8. The van der Waals surface area contributed by atoms with Gasteiger partial charge in [-0.05, 0) is 77.7 Å². The third kappa shape index (κ3) is 8.67. The zero-order valence-electron chi connectivity index (χ0n) is 24.3. The number of quaternary nitrogens is 1. The molecule has 0 aromatic rings. The van der Waals surface area contributed by atoms with E-state index >= 15 is 0 Å². The fourth-order valence-corrected chi connectivity index (χ4v) is 7.58. The molecule has 40 heavy (non-hydrogen) atoms. The quantitative estimate of drug-likeness (QED) is 0.227. The second-order valence-corrected chi connectivity index (χ2v) is 12.9. The molecule has 4 rings (SSSR count). The predicted octanol–water partition coefficient (Wildman–Crippen LogP) is 5.03. The van der Waals surface area contributed by atoms with Crippen molar-refractivity contribution in [2.75, 3.05) is 26.2 Å². The molecule has 7 nitrogen and oxygen atoms in total. The summed E-state index contributed by atoms with van der Waals surface area (Å²) in [6, 6.07) is -0.424. The van der Waals surface area contributed by atoms with Gasteiger partial charge in [0.1, 0.15) is 12.3 Å². The summed E-state index contributed by atoms with van der Waals surface area (Å²) in [6.45, 7) is 6.02. The van der Waals surface area contributed by atoms with Crippen molar-refractivity contribution in [3.63, 3.8) is 0 Å². The highest BCUT2D eigenvalue weighted by molar-refractivity contribution is 5.74. The zero-order valence-corrected chi connectivity index (χ0v) is 24.3. The van der Waals surface area contributed by atoms with Gasteiger partial charge in [-0.2, -0.15) is 13.2 Å². The lowest BCUT2D eigenvalue weighted by Crippen LogP contribution is -2.79. The molecule has 1 saturated carbocycles. The van der Waals surface area contributed by atoms with Crippen LogP contribution in [0.4, 0.5) is 22.4 Å². The summed E-state index contributed by atoms with van der Waals surface area (Å²) in [6.07, 6.45) is 6.91. The van der Waals surface area contributed by atoms with Crippen LogP contribution in [0.2, 0.25) is 0 Å². The number of rotatable bonds is 6. The highest BCUT2D eigenvalue weighted by Gasteiger charge is 2.50. The second-order valence-electron chi connectivity index (χ2n) is 12.9. The number of alkyl halides is 4. The maximum atomic E-state index is 14.0. The van der Waals surface area contributed by atoms with Gasteiger partial charge in [-0.3, -0.25) is 15.1 Å². The minimum atomic E-state index is -4.60. The van der Waals surface area contributed by atoms with E-state index < -0.39 is 36.8 Å². The van der Waals surface area contributed by atoms with Crippen molar-refractivity contribution in [3.8, 4) is 0 Å². The number of amides is 2. The molecule has 0 aromatic heterocycles. The van der Waals surface area contributed by atoms with Gasteiger partial charge in [-0.15, -0.1) is 0 Å². The van der Waals surface area contributed by atoms with Crippen LogP contribution in [0.3, 0.4) is 0 Å². The van der Waals surface area contributed by atoms with Crippen molar-refractivity contribution in [1.29, 1.82) is 0 Å². The van der Waals surface area contributed by atoms with Crippen molar-refractivity contribution in [2.24, 2.45) is 5.92 Å². The van der Waals surface area contributed by atoms with Crippen LogP contribution in [0.25, 0.3) is 0 Å². The van der Waals surface area contributed by atoms with Crippen LogP contribution < -0.4 is 26.6 Å². The van der Waals surface area contributed by atoms with Crippen LogP contribution in [0, 0.1) is 5.92 Å². The van der Waals surface area contributed by atoms with E-state index in [0.29, 0.717) is 10.5 Å². The van der Waals surface area contributed by atoms with Crippen LogP contribution in [0.5, 0.6) is 0 Å². The first-order valence-corrected chi connectivity index (χ1v) is 16.0. The molecule has 232 valence electrons. The SMILES string of the molecule is CC1CC(NCCC2CCCN2)[N+]2(CCCCCCCCCC2)C(NC(=O)NC2CCC(F)C(C(F)(F)F)C2)N1. The zero-order chi connectivity index (χ0) is 28.6. The summed E-state index contributed by atoms with van der Waals surface area (Å²) in [4.78, 5) is 13.3. The topological polar surface area (TPSA) is 77.2 Å². The monoisotopic (exact) mass is 577 g/mol. The molecule has 7 atom stereocenters. The van der Waals surface area contributed by atoms with E-state index in [1.54, 1.807) is 0 Å². The molecular weight excluding hydrogens is 524 g/mol. The van der Waals surface area contributed by atoms with E-state index in [0.717, 1.165) is 51.9 Å². The molecule has 0 aromatic carbocycles. The van der Waals surface area contributed by atoms with Crippen LogP contribution >= 0.6 is 0 Å². The Morgan fingerprint density at radius 3 is 2.20 bits per heavy atom. The Morgan fingerprint density at radius 1 is 0.900 bits per heavy atom. The molecule has 0 radical (unpaired) electrons. The lowest BCUT2D eigenvalue weighted by molar-refractivity contribution is -0.987. The Hall–Kier alpha value is -1.17. The molecule has 4 aliphatic rings. The summed E-state index contributed by atoms with van der Waals surface area (Å²) in [5.74, 6) is -2.02. The average molecular weight is 578 g/mol.